The van der Waals surface area contributed by atoms with Crippen molar-refractivity contribution in [3.8, 4) is 11.5 Å². The maximum Gasteiger partial charge on any atom is 0.243 e. The number of aryl methyl sites for hydroxylation is 1. The van der Waals surface area contributed by atoms with Gasteiger partial charge in [-0.15, -0.1) is 0 Å². The Bertz CT molecular complexity index is 1110. The number of rotatable bonds is 4. The molecule has 27 heavy (non-hydrogen) atoms. The molecule has 3 aromatic rings. The van der Waals surface area contributed by atoms with Crippen molar-refractivity contribution in [1.82, 2.24) is 9.71 Å². The van der Waals surface area contributed by atoms with Crippen molar-refractivity contribution in [3.63, 3.8) is 0 Å². The third-order valence-corrected chi connectivity index (χ3v) is 6.07. The summed E-state index contributed by atoms with van der Waals surface area (Å²) in [6.07, 6.45) is 1.67. The van der Waals surface area contributed by atoms with Crippen molar-refractivity contribution in [2.24, 2.45) is 0 Å². The minimum absolute atomic E-state index is 0.171. The second-order valence-electron chi connectivity index (χ2n) is 6.59. The molecule has 6 nitrogen and oxygen atoms in total. The van der Waals surface area contributed by atoms with E-state index in [2.05, 4.69) is 9.71 Å². The van der Waals surface area contributed by atoms with Crippen LogP contribution in [0.2, 0.25) is 0 Å². The van der Waals surface area contributed by atoms with E-state index in [1.54, 1.807) is 31.3 Å². The Kier molecular flexibility index (Phi) is 4.49. The van der Waals surface area contributed by atoms with Crippen LogP contribution in [0.3, 0.4) is 0 Å². The highest BCUT2D eigenvalue weighted by molar-refractivity contribution is 7.89. The van der Waals surface area contributed by atoms with E-state index in [1.165, 1.54) is 0 Å². The lowest BCUT2D eigenvalue weighted by Gasteiger charge is -2.21. The maximum absolute atomic E-state index is 13.0. The molecule has 0 fully saturated rings. The third-order valence-electron chi connectivity index (χ3n) is 4.50. The molecular weight excluding hydrogens is 364 g/mol. The zero-order valence-corrected chi connectivity index (χ0v) is 15.9. The van der Waals surface area contributed by atoms with E-state index in [4.69, 9.17) is 9.47 Å². The summed E-state index contributed by atoms with van der Waals surface area (Å²) in [5.41, 5.74) is 2.24. The molecule has 2 aromatic carbocycles. The Morgan fingerprint density at radius 1 is 1.07 bits per heavy atom. The molecule has 1 N–H and O–H groups in total. The van der Waals surface area contributed by atoms with Gasteiger partial charge < -0.3 is 9.47 Å². The first-order valence-corrected chi connectivity index (χ1v) is 10.2. The first-order chi connectivity index (χ1) is 12.9. The smallest absolute Gasteiger partial charge is 0.243 e. The van der Waals surface area contributed by atoms with Crippen molar-refractivity contribution in [1.29, 1.82) is 0 Å². The molecular formula is C20H20N2O4S. The van der Waals surface area contributed by atoms with Gasteiger partial charge in [-0.05, 0) is 49.2 Å². The van der Waals surface area contributed by atoms with E-state index in [-0.39, 0.29) is 4.90 Å². The number of nitrogens with zero attached hydrogens (tertiary/aromatic N) is 1. The van der Waals surface area contributed by atoms with Gasteiger partial charge in [-0.25, -0.2) is 13.1 Å². The van der Waals surface area contributed by atoms with Gasteiger partial charge in [-0.3, -0.25) is 4.98 Å². The Morgan fingerprint density at radius 3 is 2.67 bits per heavy atom. The van der Waals surface area contributed by atoms with Crippen molar-refractivity contribution < 1.29 is 17.9 Å². The van der Waals surface area contributed by atoms with Crippen LogP contribution in [0.4, 0.5) is 0 Å². The lowest BCUT2D eigenvalue weighted by molar-refractivity contribution is 0.171. The Hall–Kier alpha value is -2.64. The second-order valence-corrected chi connectivity index (χ2v) is 8.27. The molecule has 7 heteroatoms. The average Bonchev–Trinajstić information content (AvgIpc) is 2.66. The predicted molar refractivity (Wildman–Crippen MR) is 103 cm³/mol. The molecule has 1 aromatic heterocycles. The molecule has 0 saturated heterocycles. The van der Waals surface area contributed by atoms with Gasteiger partial charge in [-0.1, -0.05) is 18.2 Å². The third kappa shape index (κ3) is 3.48. The fourth-order valence-corrected chi connectivity index (χ4v) is 4.56. The van der Waals surface area contributed by atoms with Crippen LogP contribution in [-0.4, -0.2) is 26.6 Å². The number of nitrogens with one attached hydrogen (secondary N) is 1. The largest absolute Gasteiger partial charge is 0.486 e. The van der Waals surface area contributed by atoms with Crippen molar-refractivity contribution in [2.75, 3.05) is 13.2 Å². The summed E-state index contributed by atoms with van der Waals surface area (Å²) in [4.78, 5) is 4.50. The zero-order valence-electron chi connectivity index (χ0n) is 15.1. The Balaban J connectivity index is 1.65. The number of hydrogen-bond acceptors (Lipinski definition) is 5. The molecule has 0 saturated carbocycles. The molecule has 1 atom stereocenters. The molecule has 0 radical (unpaired) electrons. The number of pyridine rings is 1. The lowest BCUT2D eigenvalue weighted by atomic mass is 10.1. The Labute approximate surface area is 158 Å². The van der Waals surface area contributed by atoms with Gasteiger partial charge in [0.1, 0.15) is 18.1 Å². The van der Waals surface area contributed by atoms with E-state index in [0.717, 1.165) is 16.5 Å². The van der Waals surface area contributed by atoms with Crippen LogP contribution in [0.5, 0.6) is 11.5 Å². The fraction of sp³-hybridized carbons (Fsp3) is 0.250. The molecule has 0 unspecified atom stereocenters. The summed E-state index contributed by atoms with van der Waals surface area (Å²) in [6, 6.07) is 12.1. The normalized spacial score (nSPS) is 14.9. The molecule has 0 bridgehead atoms. The minimum atomic E-state index is -3.75. The summed E-state index contributed by atoms with van der Waals surface area (Å²) in [5, 5.41) is 0.796. The minimum Gasteiger partial charge on any atom is -0.486 e. The molecule has 0 aliphatic carbocycles. The van der Waals surface area contributed by atoms with Gasteiger partial charge in [0, 0.05) is 17.6 Å². The quantitative estimate of drug-likeness (QED) is 0.746. The lowest BCUT2D eigenvalue weighted by Crippen LogP contribution is -2.27. The fourth-order valence-electron chi connectivity index (χ4n) is 3.15. The average molecular weight is 384 g/mol. The summed E-state index contributed by atoms with van der Waals surface area (Å²) in [5.74, 6) is 1.31. The van der Waals surface area contributed by atoms with Crippen LogP contribution >= 0.6 is 0 Å². The maximum atomic E-state index is 13.0. The highest BCUT2D eigenvalue weighted by Gasteiger charge is 2.22. The van der Waals surface area contributed by atoms with Crippen molar-refractivity contribution >= 4 is 20.9 Å². The molecule has 0 spiro atoms. The number of para-hydroxylation sites is 1. The van der Waals surface area contributed by atoms with Crippen LogP contribution in [0.25, 0.3) is 10.9 Å². The topological polar surface area (TPSA) is 77.5 Å². The second kappa shape index (κ2) is 6.83. The van der Waals surface area contributed by atoms with E-state index < -0.39 is 16.1 Å². The molecule has 1 aliphatic heterocycles. The van der Waals surface area contributed by atoms with Crippen LogP contribution in [0.1, 0.15) is 24.1 Å². The molecule has 4 rings (SSSR count). The molecule has 1 aliphatic rings. The summed E-state index contributed by atoms with van der Waals surface area (Å²) < 4.78 is 39.8. The van der Waals surface area contributed by atoms with Crippen molar-refractivity contribution in [2.45, 2.75) is 24.8 Å². The summed E-state index contributed by atoms with van der Waals surface area (Å²) in [6.45, 7) is 4.72. The van der Waals surface area contributed by atoms with Gasteiger partial charge in [0.15, 0.2) is 11.5 Å². The molecule has 140 valence electrons. The van der Waals surface area contributed by atoms with E-state index in [0.29, 0.717) is 30.2 Å². The van der Waals surface area contributed by atoms with Crippen LogP contribution in [-0.2, 0) is 10.0 Å². The van der Waals surface area contributed by atoms with Gasteiger partial charge >= 0.3 is 0 Å². The highest BCUT2D eigenvalue weighted by atomic mass is 32.2. The number of benzene rings is 2. The molecule has 0 amide bonds. The summed E-state index contributed by atoms with van der Waals surface area (Å²) >= 11 is 0. The number of sulfonamides is 1. The van der Waals surface area contributed by atoms with Crippen molar-refractivity contribution in [3.05, 3.63) is 59.8 Å². The zero-order chi connectivity index (χ0) is 19.0. The van der Waals surface area contributed by atoms with Gasteiger partial charge in [0.05, 0.1) is 5.52 Å². The van der Waals surface area contributed by atoms with Gasteiger partial charge in [-0.2, -0.15) is 0 Å². The number of hydrogen-bond donors (Lipinski definition) is 1. The number of fused-ring (bicyclic) bond motifs is 2. The van der Waals surface area contributed by atoms with E-state index >= 15 is 0 Å². The number of ether oxygens (including phenoxy) is 2. The Morgan fingerprint density at radius 2 is 1.85 bits per heavy atom. The van der Waals surface area contributed by atoms with Crippen LogP contribution < -0.4 is 14.2 Å². The van der Waals surface area contributed by atoms with Gasteiger partial charge in [0.25, 0.3) is 0 Å². The molecule has 2 heterocycles. The van der Waals surface area contributed by atoms with E-state index in [9.17, 15) is 8.42 Å². The van der Waals surface area contributed by atoms with Crippen LogP contribution in [0, 0.1) is 6.92 Å². The van der Waals surface area contributed by atoms with Crippen LogP contribution in [0.15, 0.2) is 53.6 Å². The first-order valence-electron chi connectivity index (χ1n) is 8.71. The number of aromatic nitrogens is 1. The standard InChI is InChI=1S/C20H20N2O4S/c1-13-10-16-4-3-5-19(20(16)21-12-13)27(23,24)22-14(2)15-6-7-17-18(11-15)26-9-8-25-17/h3-7,10-12,14,22H,8-9H2,1-2H3/t14-/m0/s1. The van der Waals surface area contributed by atoms with Gasteiger partial charge in [0.2, 0.25) is 10.0 Å². The highest BCUT2D eigenvalue weighted by Crippen LogP contribution is 2.33. The monoisotopic (exact) mass is 384 g/mol. The van der Waals surface area contributed by atoms with E-state index in [1.807, 2.05) is 31.2 Å². The summed E-state index contributed by atoms with van der Waals surface area (Å²) in [7, 11) is -3.75. The first kappa shape index (κ1) is 17.8. The predicted octanol–water partition coefficient (Wildman–Crippen LogP) is 3.35. The SMILES string of the molecule is Cc1cnc2c(S(=O)(=O)N[C@@H](C)c3ccc4c(c3)OCCO4)cccc2c1.